The molecule has 0 amide bonds. The zero-order valence-electron chi connectivity index (χ0n) is 18.2. The molecule has 35 heavy (non-hydrogen) atoms. The van der Waals surface area contributed by atoms with Crippen molar-refractivity contribution in [3.63, 3.8) is 0 Å². The Morgan fingerprint density at radius 1 is 0.657 bits per heavy atom. The van der Waals surface area contributed by atoms with Gasteiger partial charge in [0.2, 0.25) is 0 Å². The summed E-state index contributed by atoms with van der Waals surface area (Å²) in [5.41, 5.74) is -0.856. The average Bonchev–Trinajstić information content (AvgIpc) is 3.18. The lowest BCUT2D eigenvalue weighted by molar-refractivity contribution is -0.387. The fourth-order valence-corrected chi connectivity index (χ4v) is 4.03. The van der Waals surface area contributed by atoms with Crippen LogP contribution in [0, 0.1) is 0 Å². The number of alkyl halides is 8. The van der Waals surface area contributed by atoms with Gasteiger partial charge in [0, 0.05) is 17.2 Å². The highest BCUT2D eigenvalue weighted by Gasteiger charge is 2.81. The monoisotopic (exact) mass is 501 g/mol. The van der Waals surface area contributed by atoms with Gasteiger partial charge in [-0.1, -0.05) is 48.5 Å². The number of hydrogen-bond donors (Lipinski definition) is 0. The lowest BCUT2D eigenvalue weighted by atomic mass is 9.96. The normalized spacial score (nSPS) is 13.5. The zero-order valence-corrected chi connectivity index (χ0v) is 18.2. The highest BCUT2D eigenvalue weighted by atomic mass is 19.4. The van der Waals surface area contributed by atoms with E-state index < -0.39 is 47.7 Å². The van der Waals surface area contributed by atoms with Gasteiger partial charge >= 0.3 is 23.8 Å². The third-order valence-corrected chi connectivity index (χ3v) is 5.98. The summed E-state index contributed by atoms with van der Waals surface area (Å²) < 4.78 is 123. The van der Waals surface area contributed by atoms with Crippen LogP contribution in [0.3, 0.4) is 0 Å². The first-order valence-corrected chi connectivity index (χ1v) is 10.5. The lowest BCUT2D eigenvalue weighted by Crippen LogP contribution is -2.62. The molecule has 1 heterocycles. The molecule has 0 aliphatic heterocycles. The number of rotatable bonds is 8. The van der Waals surface area contributed by atoms with E-state index in [1.54, 1.807) is 0 Å². The quantitative estimate of drug-likeness (QED) is 0.224. The number of hydrogen-bond acceptors (Lipinski definition) is 1. The summed E-state index contributed by atoms with van der Waals surface area (Å²) in [5, 5.41) is 0.182. The maximum absolute atomic E-state index is 15.3. The summed E-state index contributed by atoms with van der Waals surface area (Å²) in [7, 11) is 1.35. The van der Waals surface area contributed by atoms with Gasteiger partial charge in [0.25, 0.3) is 0 Å². The third kappa shape index (κ3) is 3.79. The van der Waals surface area contributed by atoms with Gasteiger partial charge in [-0.3, -0.25) is 4.57 Å². The van der Waals surface area contributed by atoms with Crippen LogP contribution in [-0.2, 0) is 12.5 Å². The van der Waals surface area contributed by atoms with Crippen molar-refractivity contribution in [1.29, 1.82) is 0 Å². The first-order chi connectivity index (χ1) is 16.3. The van der Waals surface area contributed by atoms with Crippen LogP contribution in [0.2, 0.25) is 0 Å². The average molecular weight is 501 g/mol. The first-order valence-electron chi connectivity index (χ1n) is 10.5. The van der Waals surface area contributed by atoms with Gasteiger partial charge in [-0.15, -0.1) is 0 Å². The van der Waals surface area contributed by atoms with E-state index in [1.807, 2.05) is 0 Å². The van der Waals surface area contributed by atoms with E-state index in [2.05, 4.69) is 0 Å². The van der Waals surface area contributed by atoms with Crippen molar-refractivity contribution in [2.45, 2.75) is 36.7 Å². The second-order valence-corrected chi connectivity index (χ2v) is 8.11. The number of benzene rings is 3. The van der Waals surface area contributed by atoms with Gasteiger partial charge in [0.05, 0.1) is 18.1 Å². The Hall–Kier alpha value is -3.30. The van der Waals surface area contributed by atoms with Crippen molar-refractivity contribution in [3.8, 4) is 5.75 Å². The standard InChI is InChI=1S/C25H19F8NO/c1-35-17-12-10-16(11-13-17)14-15-22(26,27)23(28,29)24(30,31)25(32,33)34-20-8-4-2-6-18(20)19-7-3-5-9-21(19)34/h2-13H,14-15H2,1H3. The molecule has 0 saturated carbocycles. The predicted octanol–water partition coefficient (Wildman–Crippen LogP) is 7.89. The number of aryl methyl sites for hydroxylation is 1. The van der Waals surface area contributed by atoms with Crippen LogP contribution in [0.4, 0.5) is 35.1 Å². The van der Waals surface area contributed by atoms with Crippen molar-refractivity contribution in [2.24, 2.45) is 0 Å². The van der Waals surface area contributed by atoms with Crippen LogP contribution in [0.15, 0.2) is 72.8 Å². The van der Waals surface area contributed by atoms with E-state index >= 15 is 8.78 Å². The Balaban J connectivity index is 1.73. The minimum absolute atomic E-state index is 0.0909. The molecule has 0 bridgehead atoms. The molecule has 4 rings (SSSR count). The van der Waals surface area contributed by atoms with Crippen molar-refractivity contribution in [2.75, 3.05) is 7.11 Å². The minimum Gasteiger partial charge on any atom is -0.497 e. The minimum atomic E-state index is -6.44. The molecule has 1 aromatic heterocycles. The number of halogens is 8. The number of methoxy groups -OCH3 is 1. The van der Waals surface area contributed by atoms with Crippen LogP contribution >= 0.6 is 0 Å². The predicted molar refractivity (Wildman–Crippen MR) is 116 cm³/mol. The van der Waals surface area contributed by atoms with Crippen LogP contribution in [0.25, 0.3) is 21.8 Å². The van der Waals surface area contributed by atoms with Crippen molar-refractivity contribution >= 4 is 21.8 Å². The number of fused-ring (bicyclic) bond motifs is 3. The molecule has 3 aromatic carbocycles. The highest BCUT2D eigenvalue weighted by molar-refractivity contribution is 6.08. The zero-order chi connectivity index (χ0) is 25.6. The van der Waals surface area contributed by atoms with Crippen LogP contribution in [-0.4, -0.2) is 29.4 Å². The van der Waals surface area contributed by atoms with Gasteiger partial charge in [-0.2, -0.15) is 35.1 Å². The largest absolute Gasteiger partial charge is 0.497 e. The number of aromatic nitrogens is 1. The van der Waals surface area contributed by atoms with Crippen LogP contribution in [0.1, 0.15) is 12.0 Å². The highest BCUT2D eigenvalue weighted by Crippen LogP contribution is 2.56. The second-order valence-electron chi connectivity index (χ2n) is 8.11. The number of nitrogens with zero attached hydrogens (tertiary/aromatic N) is 1. The van der Waals surface area contributed by atoms with E-state index in [-0.39, 0.29) is 20.9 Å². The molecule has 0 aliphatic carbocycles. The summed E-state index contributed by atoms with van der Waals surface area (Å²) in [4.78, 5) is 0. The molecule has 186 valence electrons. The first kappa shape index (κ1) is 24.8. The molecule has 4 aromatic rings. The van der Waals surface area contributed by atoms with Crippen molar-refractivity contribution < 1.29 is 39.9 Å². The summed E-state index contributed by atoms with van der Waals surface area (Å²) >= 11 is 0. The van der Waals surface area contributed by atoms with Crippen LogP contribution < -0.4 is 4.74 Å². The third-order valence-electron chi connectivity index (χ3n) is 5.98. The Morgan fingerprint density at radius 2 is 1.14 bits per heavy atom. The van der Waals surface area contributed by atoms with Crippen molar-refractivity contribution in [3.05, 3.63) is 78.4 Å². The van der Waals surface area contributed by atoms with Gasteiger partial charge in [0.15, 0.2) is 0 Å². The summed E-state index contributed by atoms with van der Waals surface area (Å²) in [6, 6.07) is 9.84. The lowest BCUT2D eigenvalue weighted by Gasteiger charge is -2.37. The molecule has 0 aliphatic rings. The van der Waals surface area contributed by atoms with E-state index in [4.69, 9.17) is 4.74 Å². The maximum Gasteiger partial charge on any atom is 0.399 e. The fraction of sp³-hybridized carbons (Fsp3) is 0.280. The summed E-state index contributed by atoms with van der Waals surface area (Å²) in [6.45, 7) is 0. The molecule has 0 fully saturated rings. The van der Waals surface area contributed by atoms with Crippen molar-refractivity contribution in [1.82, 2.24) is 4.57 Å². The summed E-state index contributed by atoms with van der Waals surface area (Å²) in [5.74, 6) is -17.9. The molecule has 0 N–H and O–H groups in total. The molecule has 10 heteroatoms. The molecule has 2 nitrogen and oxygen atoms in total. The van der Waals surface area contributed by atoms with Gasteiger partial charge in [0.1, 0.15) is 5.75 Å². The second kappa shape index (κ2) is 8.42. The Bertz CT molecular complexity index is 1290. The Kier molecular flexibility index (Phi) is 5.97. The molecule has 0 radical (unpaired) electrons. The SMILES string of the molecule is COc1ccc(CCC(F)(F)C(F)(F)C(F)(F)C(F)(F)n2c3ccccc3c3ccccc32)cc1. The smallest absolute Gasteiger partial charge is 0.399 e. The molecule has 0 spiro atoms. The van der Waals surface area contributed by atoms with Gasteiger partial charge in [-0.25, -0.2) is 0 Å². The fourth-order valence-electron chi connectivity index (χ4n) is 4.03. The molecule has 0 unspecified atom stereocenters. The Morgan fingerprint density at radius 3 is 1.63 bits per heavy atom. The Labute approximate surface area is 194 Å². The topological polar surface area (TPSA) is 14.2 Å². The summed E-state index contributed by atoms with van der Waals surface area (Å²) in [6.07, 6.45) is -2.52. The van der Waals surface area contributed by atoms with E-state index in [0.717, 1.165) is 12.1 Å². The van der Waals surface area contributed by atoms with E-state index in [1.165, 1.54) is 67.8 Å². The van der Waals surface area contributed by atoms with Crippen LogP contribution in [0.5, 0.6) is 5.75 Å². The molecule has 0 saturated heterocycles. The maximum atomic E-state index is 15.3. The van der Waals surface area contributed by atoms with E-state index in [0.29, 0.717) is 5.75 Å². The molecule has 0 atom stereocenters. The molecular weight excluding hydrogens is 482 g/mol. The van der Waals surface area contributed by atoms with Gasteiger partial charge in [-0.05, 0) is 36.2 Å². The number of ether oxygens (including phenoxy) is 1. The number of para-hydroxylation sites is 2. The van der Waals surface area contributed by atoms with Gasteiger partial charge < -0.3 is 4.74 Å². The molecular formula is C25H19F8NO. The van der Waals surface area contributed by atoms with E-state index in [9.17, 15) is 26.3 Å².